The van der Waals surface area contributed by atoms with Crippen molar-refractivity contribution in [3.8, 4) is 0 Å². The second kappa shape index (κ2) is 7.84. The summed E-state index contributed by atoms with van der Waals surface area (Å²) in [7, 11) is 0. The summed E-state index contributed by atoms with van der Waals surface area (Å²) in [4.78, 5) is 23.2. The van der Waals surface area contributed by atoms with Crippen LogP contribution in [0.25, 0.3) is 0 Å². The molecule has 0 bridgehead atoms. The van der Waals surface area contributed by atoms with Crippen LogP contribution < -0.4 is 5.32 Å². The highest BCUT2D eigenvalue weighted by Gasteiger charge is 2.21. The zero-order valence-electron chi connectivity index (χ0n) is 11.2. The van der Waals surface area contributed by atoms with Gasteiger partial charge in [-0.3, -0.25) is 4.79 Å². The number of aryl methyl sites for hydroxylation is 1. The second-order valence-electron chi connectivity index (χ2n) is 4.16. The molecule has 1 aromatic carbocycles. The maximum atomic E-state index is 12.1. The number of carboxylic acids is 1. The molecule has 1 aromatic rings. The summed E-state index contributed by atoms with van der Waals surface area (Å²) in [6.07, 6.45) is 3.08. The van der Waals surface area contributed by atoms with Crippen LogP contribution in [0.15, 0.2) is 24.3 Å². The van der Waals surface area contributed by atoms with Crippen molar-refractivity contribution in [1.82, 2.24) is 5.32 Å². The van der Waals surface area contributed by atoms with E-state index in [1.54, 1.807) is 23.9 Å². The quantitative estimate of drug-likeness (QED) is 0.804. The number of thioether (sulfide) groups is 1. The highest BCUT2D eigenvalue weighted by Crippen LogP contribution is 2.10. The van der Waals surface area contributed by atoms with E-state index in [2.05, 4.69) is 5.32 Å². The van der Waals surface area contributed by atoms with E-state index in [0.29, 0.717) is 17.7 Å². The van der Waals surface area contributed by atoms with Crippen molar-refractivity contribution in [3.05, 3.63) is 35.4 Å². The van der Waals surface area contributed by atoms with Crippen molar-refractivity contribution < 1.29 is 14.7 Å². The summed E-state index contributed by atoms with van der Waals surface area (Å²) in [5, 5.41) is 11.7. The van der Waals surface area contributed by atoms with Gasteiger partial charge in [0, 0.05) is 5.56 Å². The molecule has 1 amide bonds. The molecule has 0 fully saturated rings. The lowest BCUT2D eigenvalue weighted by Crippen LogP contribution is -2.41. The molecule has 1 atom stereocenters. The van der Waals surface area contributed by atoms with Gasteiger partial charge in [0.25, 0.3) is 5.91 Å². The molecule has 0 unspecified atom stereocenters. The van der Waals surface area contributed by atoms with E-state index in [1.807, 2.05) is 25.3 Å². The number of hydrogen-bond donors (Lipinski definition) is 2. The van der Waals surface area contributed by atoms with E-state index in [0.717, 1.165) is 12.0 Å². The molecule has 0 aliphatic rings. The molecule has 0 aromatic heterocycles. The van der Waals surface area contributed by atoms with Crippen LogP contribution in [0.5, 0.6) is 0 Å². The van der Waals surface area contributed by atoms with E-state index in [-0.39, 0.29) is 5.91 Å². The van der Waals surface area contributed by atoms with E-state index >= 15 is 0 Å². The fourth-order valence-corrected chi connectivity index (χ4v) is 2.25. The molecule has 0 saturated heterocycles. The first-order chi connectivity index (χ1) is 9.10. The van der Waals surface area contributed by atoms with Crippen LogP contribution in [0.2, 0.25) is 0 Å². The summed E-state index contributed by atoms with van der Waals surface area (Å²) in [5.41, 5.74) is 1.48. The van der Waals surface area contributed by atoms with Crippen molar-refractivity contribution in [2.24, 2.45) is 0 Å². The SMILES string of the molecule is CCc1ccccc1C(=O)N[C@@H](CCSC)C(=O)O. The normalized spacial score (nSPS) is 11.9. The van der Waals surface area contributed by atoms with E-state index in [1.165, 1.54) is 0 Å². The van der Waals surface area contributed by atoms with Crippen molar-refractivity contribution in [3.63, 3.8) is 0 Å². The van der Waals surface area contributed by atoms with Crippen molar-refractivity contribution in [2.75, 3.05) is 12.0 Å². The minimum Gasteiger partial charge on any atom is -0.480 e. The smallest absolute Gasteiger partial charge is 0.326 e. The maximum Gasteiger partial charge on any atom is 0.326 e. The molecule has 0 heterocycles. The fourth-order valence-electron chi connectivity index (χ4n) is 1.78. The van der Waals surface area contributed by atoms with Crippen LogP contribution in [-0.4, -0.2) is 35.0 Å². The molecule has 2 N–H and O–H groups in total. The predicted molar refractivity (Wildman–Crippen MR) is 77.7 cm³/mol. The number of carbonyl (C=O) groups is 2. The number of amides is 1. The van der Waals surface area contributed by atoms with Crippen molar-refractivity contribution >= 4 is 23.6 Å². The largest absolute Gasteiger partial charge is 0.480 e. The summed E-state index contributed by atoms with van der Waals surface area (Å²) < 4.78 is 0. The van der Waals surface area contributed by atoms with E-state index < -0.39 is 12.0 Å². The average molecular weight is 281 g/mol. The topological polar surface area (TPSA) is 66.4 Å². The van der Waals surface area contributed by atoms with Crippen molar-refractivity contribution in [1.29, 1.82) is 0 Å². The molecule has 0 aliphatic carbocycles. The second-order valence-corrected chi connectivity index (χ2v) is 5.14. The Balaban J connectivity index is 2.78. The first-order valence-electron chi connectivity index (χ1n) is 6.20. The highest BCUT2D eigenvalue weighted by molar-refractivity contribution is 7.98. The van der Waals surface area contributed by atoms with Gasteiger partial charge in [0.2, 0.25) is 0 Å². The highest BCUT2D eigenvalue weighted by atomic mass is 32.2. The third-order valence-corrected chi connectivity index (χ3v) is 3.50. The Morgan fingerprint density at radius 3 is 2.63 bits per heavy atom. The Morgan fingerprint density at radius 2 is 2.05 bits per heavy atom. The van der Waals surface area contributed by atoms with Gasteiger partial charge in [-0.1, -0.05) is 25.1 Å². The number of rotatable bonds is 7. The number of aliphatic carboxylic acids is 1. The first kappa shape index (κ1) is 15.6. The van der Waals surface area contributed by atoms with E-state index in [9.17, 15) is 9.59 Å². The third kappa shape index (κ3) is 4.59. The van der Waals surface area contributed by atoms with Crippen LogP contribution in [0, 0.1) is 0 Å². The van der Waals surface area contributed by atoms with Gasteiger partial charge >= 0.3 is 5.97 Å². The Labute approximate surface area is 117 Å². The summed E-state index contributed by atoms with van der Waals surface area (Å²) in [6.45, 7) is 1.97. The monoisotopic (exact) mass is 281 g/mol. The lowest BCUT2D eigenvalue weighted by atomic mass is 10.0. The standard InChI is InChI=1S/C14H19NO3S/c1-3-10-6-4-5-7-11(10)13(16)15-12(14(17)18)8-9-19-2/h4-7,12H,3,8-9H2,1-2H3,(H,15,16)(H,17,18)/t12-/m0/s1. The van der Waals surface area contributed by atoms with Crippen LogP contribution in [-0.2, 0) is 11.2 Å². The number of benzene rings is 1. The summed E-state index contributed by atoms with van der Waals surface area (Å²) in [6, 6.07) is 6.43. The lowest BCUT2D eigenvalue weighted by Gasteiger charge is -2.15. The van der Waals surface area contributed by atoms with Gasteiger partial charge in [-0.25, -0.2) is 4.79 Å². The number of nitrogens with one attached hydrogen (secondary N) is 1. The molecule has 0 radical (unpaired) electrons. The summed E-state index contributed by atoms with van der Waals surface area (Å²) >= 11 is 1.56. The average Bonchev–Trinajstić information content (AvgIpc) is 2.42. The lowest BCUT2D eigenvalue weighted by molar-refractivity contribution is -0.139. The maximum absolute atomic E-state index is 12.1. The Morgan fingerprint density at radius 1 is 1.37 bits per heavy atom. The van der Waals surface area contributed by atoms with Gasteiger partial charge in [0.05, 0.1) is 0 Å². The number of carboxylic acid groups (broad SMARTS) is 1. The number of hydrogen-bond acceptors (Lipinski definition) is 3. The Kier molecular flexibility index (Phi) is 6.42. The molecule has 0 saturated carbocycles. The predicted octanol–water partition coefficient (Wildman–Crippen LogP) is 2.19. The van der Waals surface area contributed by atoms with Gasteiger partial charge in [0.15, 0.2) is 0 Å². The molecule has 1 rings (SSSR count). The molecular weight excluding hydrogens is 262 g/mol. The van der Waals surface area contributed by atoms with E-state index in [4.69, 9.17) is 5.11 Å². The molecular formula is C14H19NO3S. The van der Waals surface area contributed by atoms with Crippen molar-refractivity contribution in [2.45, 2.75) is 25.8 Å². The molecule has 4 nitrogen and oxygen atoms in total. The van der Waals surface area contributed by atoms with Gasteiger partial charge in [0.1, 0.15) is 6.04 Å². The zero-order chi connectivity index (χ0) is 14.3. The van der Waals surface area contributed by atoms with Crippen LogP contribution in [0.1, 0.15) is 29.3 Å². The molecule has 19 heavy (non-hydrogen) atoms. The van der Waals surface area contributed by atoms with Crippen LogP contribution in [0.4, 0.5) is 0 Å². The van der Waals surface area contributed by atoms with Gasteiger partial charge in [-0.2, -0.15) is 11.8 Å². The minimum absolute atomic E-state index is 0.314. The zero-order valence-corrected chi connectivity index (χ0v) is 12.0. The van der Waals surface area contributed by atoms with Gasteiger partial charge in [-0.05, 0) is 36.5 Å². The molecule has 0 spiro atoms. The Hall–Kier alpha value is -1.49. The third-order valence-electron chi connectivity index (χ3n) is 2.86. The summed E-state index contributed by atoms with van der Waals surface area (Å²) in [5.74, 6) is -0.602. The van der Waals surface area contributed by atoms with Crippen LogP contribution in [0.3, 0.4) is 0 Å². The van der Waals surface area contributed by atoms with Crippen LogP contribution >= 0.6 is 11.8 Å². The molecule has 5 heteroatoms. The first-order valence-corrected chi connectivity index (χ1v) is 7.60. The number of carbonyl (C=O) groups excluding carboxylic acids is 1. The van der Waals surface area contributed by atoms with Gasteiger partial charge in [-0.15, -0.1) is 0 Å². The minimum atomic E-state index is -0.989. The fraction of sp³-hybridized carbons (Fsp3) is 0.429. The molecule has 0 aliphatic heterocycles. The molecule has 104 valence electrons. The Bertz CT molecular complexity index is 448. The van der Waals surface area contributed by atoms with Gasteiger partial charge < -0.3 is 10.4 Å².